The van der Waals surface area contributed by atoms with Gasteiger partial charge in [-0.25, -0.2) is 0 Å². The fourth-order valence-electron chi connectivity index (χ4n) is 2.08. The summed E-state index contributed by atoms with van der Waals surface area (Å²) in [4.78, 5) is 6.27. The second-order valence-corrected chi connectivity index (χ2v) is 5.95. The molecule has 0 saturated heterocycles. The van der Waals surface area contributed by atoms with E-state index in [9.17, 15) is 0 Å². The van der Waals surface area contributed by atoms with Gasteiger partial charge in [-0.1, -0.05) is 0 Å². The lowest BCUT2D eigenvalue weighted by Crippen LogP contribution is -2.23. The summed E-state index contributed by atoms with van der Waals surface area (Å²) in [5, 5.41) is 4.38. The summed E-state index contributed by atoms with van der Waals surface area (Å²) in [7, 11) is 5.68. The van der Waals surface area contributed by atoms with Crippen LogP contribution in [0.4, 0.5) is 0 Å². The first-order chi connectivity index (χ1) is 10.0. The van der Waals surface area contributed by atoms with E-state index in [-0.39, 0.29) is 6.04 Å². The van der Waals surface area contributed by atoms with Crippen LogP contribution in [-0.2, 0) is 6.54 Å². The number of hydrogen-bond donors (Lipinski definition) is 1. The summed E-state index contributed by atoms with van der Waals surface area (Å²) >= 11 is 3.42. The molecule has 0 aromatic carbocycles. The molecule has 21 heavy (non-hydrogen) atoms. The van der Waals surface area contributed by atoms with Crippen LogP contribution in [0.2, 0.25) is 0 Å². The van der Waals surface area contributed by atoms with Gasteiger partial charge in [0, 0.05) is 23.4 Å². The van der Waals surface area contributed by atoms with E-state index < -0.39 is 0 Å². The second-order valence-electron chi connectivity index (χ2n) is 5.04. The number of pyridine rings is 1. The molecule has 0 aliphatic carbocycles. The Morgan fingerprint density at radius 1 is 1.38 bits per heavy atom. The number of hydrogen-bond acceptors (Lipinski definition) is 5. The largest absolute Gasteiger partial charge is 0.493 e. The first-order valence-corrected chi connectivity index (χ1v) is 7.42. The lowest BCUT2D eigenvalue weighted by Gasteiger charge is -2.17. The summed E-state index contributed by atoms with van der Waals surface area (Å²) in [6.45, 7) is 1.63. The van der Waals surface area contributed by atoms with Gasteiger partial charge in [0.2, 0.25) is 0 Å². The molecule has 0 amide bonds. The van der Waals surface area contributed by atoms with Crippen LogP contribution >= 0.6 is 15.9 Å². The fraction of sp³-hybridized carbons (Fsp3) is 0.429. The Morgan fingerprint density at radius 3 is 2.76 bits per heavy atom. The minimum Gasteiger partial charge on any atom is -0.493 e. The monoisotopic (exact) mass is 353 g/mol. The highest BCUT2D eigenvalue weighted by molar-refractivity contribution is 9.10. The lowest BCUT2D eigenvalue weighted by molar-refractivity contribution is 0.363. The third kappa shape index (κ3) is 3.81. The van der Waals surface area contributed by atoms with E-state index in [2.05, 4.69) is 30.9 Å². The van der Waals surface area contributed by atoms with E-state index in [1.54, 1.807) is 25.7 Å². The van der Waals surface area contributed by atoms with Crippen molar-refractivity contribution in [2.24, 2.45) is 5.73 Å². The Balaban J connectivity index is 2.34. The summed E-state index contributed by atoms with van der Waals surface area (Å²) in [6.07, 6.45) is 5.20. The van der Waals surface area contributed by atoms with Crippen LogP contribution in [0.15, 0.2) is 29.1 Å². The average Bonchev–Trinajstić information content (AvgIpc) is 2.87. The van der Waals surface area contributed by atoms with Crippen molar-refractivity contribution in [3.63, 3.8) is 0 Å². The van der Waals surface area contributed by atoms with Crippen LogP contribution in [0.3, 0.4) is 0 Å². The fourth-order valence-corrected chi connectivity index (χ4v) is 2.46. The predicted octanol–water partition coefficient (Wildman–Crippen LogP) is 1.66. The topological polar surface area (TPSA) is 69.2 Å². The van der Waals surface area contributed by atoms with Crippen LogP contribution in [0.1, 0.15) is 17.3 Å². The standard InChI is InChI=1S/C14H20BrN5O/c1-19(2)4-5-20-14(12(21-3)9-18-20)13(16)10-6-11(15)8-17-7-10/h6-9,13H,4-5,16H2,1-3H3. The molecule has 1 unspecified atom stereocenters. The van der Waals surface area contributed by atoms with E-state index >= 15 is 0 Å². The number of methoxy groups -OCH3 is 1. The van der Waals surface area contributed by atoms with Crippen molar-refractivity contribution in [1.29, 1.82) is 0 Å². The molecule has 0 aliphatic heterocycles. The zero-order valence-electron chi connectivity index (χ0n) is 12.5. The number of ether oxygens (including phenoxy) is 1. The number of nitrogens with two attached hydrogens (primary N) is 1. The van der Waals surface area contributed by atoms with E-state index in [1.165, 1.54) is 0 Å². The van der Waals surface area contributed by atoms with E-state index in [0.717, 1.165) is 28.8 Å². The lowest BCUT2D eigenvalue weighted by atomic mass is 10.1. The maximum Gasteiger partial charge on any atom is 0.161 e. The molecule has 2 aromatic heterocycles. The Morgan fingerprint density at radius 2 is 2.14 bits per heavy atom. The SMILES string of the molecule is COc1cnn(CCN(C)C)c1C(N)c1cncc(Br)c1. The molecule has 6 nitrogen and oxygen atoms in total. The minimum absolute atomic E-state index is 0.338. The van der Waals surface area contributed by atoms with E-state index in [1.807, 2.05) is 24.8 Å². The molecule has 0 bridgehead atoms. The molecule has 0 fully saturated rings. The number of rotatable bonds is 6. The van der Waals surface area contributed by atoms with Crippen molar-refractivity contribution in [3.8, 4) is 5.75 Å². The van der Waals surface area contributed by atoms with Crippen molar-refractivity contribution in [2.45, 2.75) is 12.6 Å². The van der Waals surface area contributed by atoms with Gasteiger partial charge in [0.25, 0.3) is 0 Å². The number of likely N-dealkylation sites (N-methyl/N-ethyl adjacent to an activating group) is 1. The molecule has 2 heterocycles. The van der Waals surface area contributed by atoms with Gasteiger partial charge in [0.1, 0.15) is 5.69 Å². The highest BCUT2D eigenvalue weighted by atomic mass is 79.9. The van der Waals surface area contributed by atoms with Gasteiger partial charge in [-0.05, 0) is 41.7 Å². The second kappa shape index (κ2) is 7.02. The number of nitrogens with zero attached hydrogens (tertiary/aromatic N) is 4. The Hall–Kier alpha value is -1.44. The molecule has 0 radical (unpaired) electrons. The van der Waals surface area contributed by atoms with E-state index in [4.69, 9.17) is 10.5 Å². The van der Waals surface area contributed by atoms with Crippen LogP contribution < -0.4 is 10.5 Å². The van der Waals surface area contributed by atoms with Crippen LogP contribution in [0, 0.1) is 0 Å². The third-order valence-electron chi connectivity index (χ3n) is 3.20. The quantitative estimate of drug-likeness (QED) is 0.855. The molecule has 2 aromatic rings. The minimum atomic E-state index is -0.338. The summed E-state index contributed by atoms with van der Waals surface area (Å²) in [5.41, 5.74) is 8.17. The highest BCUT2D eigenvalue weighted by Gasteiger charge is 2.20. The molecule has 2 rings (SSSR count). The molecule has 114 valence electrons. The number of aromatic nitrogens is 3. The molecule has 0 spiro atoms. The van der Waals surface area contributed by atoms with Gasteiger partial charge < -0.3 is 15.4 Å². The maximum atomic E-state index is 6.40. The molecule has 0 aliphatic rings. The first-order valence-electron chi connectivity index (χ1n) is 6.63. The summed E-state index contributed by atoms with van der Waals surface area (Å²) in [6, 6.07) is 1.62. The van der Waals surface area contributed by atoms with Crippen LogP contribution in [0.5, 0.6) is 5.75 Å². The molecule has 2 N–H and O–H groups in total. The molecule has 7 heteroatoms. The zero-order chi connectivity index (χ0) is 15.4. The van der Waals surface area contributed by atoms with Gasteiger partial charge >= 0.3 is 0 Å². The average molecular weight is 354 g/mol. The van der Waals surface area contributed by atoms with Crippen molar-refractivity contribution in [2.75, 3.05) is 27.7 Å². The molecular weight excluding hydrogens is 334 g/mol. The Kier molecular flexibility index (Phi) is 5.33. The number of halogens is 1. The maximum absolute atomic E-state index is 6.40. The van der Waals surface area contributed by atoms with Crippen molar-refractivity contribution >= 4 is 15.9 Å². The molecule has 1 atom stereocenters. The summed E-state index contributed by atoms with van der Waals surface area (Å²) in [5.74, 6) is 0.696. The van der Waals surface area contributed by atoms with Gasteiger partial charge in [-0.2, -0.15) is 5.10 Å². The van der Waals surface area contributed by atoms with Gasteiger partial charge in [0.05, 0.1) is 25.9 Å². The third-order valence-corrected chi connectivity index (χ3v) is 3.64. The molecular formula is C14H20BrN5O. The Bertz CT molecular complexity index is 599. The Labute approximate surface area is 133 Å². The predicted molar refractivity (Wildman–Crippen MR) is 85.3 cm³/mol. The van der Waals surface area contributed by atoms with Crippen LogP contribution in [0.25, 0.3) is 0 Å². The normalized spacial score (nSPS) is 12.7. The van der Waals surface area contributed by atoms with Crippen molar-refractivity contribution in [3.05, 3.63) is 40.4 Å². The summed E-state index contributed by atoms with van der Waals surface area (Å²) < 4.78 is 8.19. The van der Waals surface area contributed by atoms with Crippen molar-refractivity contribution in [1.82, 2.24) is 19.7 Å². The smallest absolute Gasteiger partial charge is 0.161 e. The van der Waals surface area contributed by atoms with E-state index in [0.29, 0.717) is 5.75 Å². The zero-order valence-corrected chi connectivity index (χ0v) is 14.0. The first kappa shape index (κ1) is 15.9. The van der Waals surface area contributed by atoms with Crippen LogP contribution in [-0.4, -0.2) is 47.4 Å². The van der Waals surface area contributed by atoms with Gasteiger partial charge in [-0.15, -0.1) is 0 Å². The van der Waals surface area contributed by atoms with Crippen molar-refractivity contribution < 1.29 is 4.74 Å². The van der Waals surface area contributed by atoms with Gasteiger partial charge in [-0.3, -0.25) is 9.67 Å². The highest BCUT2D eigenvalue weighted by Crippen LogP contribution is 2.28. The molecule has 0 saturated carbocycles. The van der Waals surface area contributed by atoms with Gasteiger partial charge in [0.15, 0.2) is 5.75 Å².